The van der Waals surface area contributed by atoms with Crippen LogP contribution >= 0.6 is 11.6 Å². The number of carbonyl (C=O) groups excluding carboxylic acids is 1. The second-order valence-electron chi connectivity index (χ2n) is 8.89. The topological polar surface area (TPSA) is 84.7 Å². The van der Waals surface area contributed by atoms with E-state index >= 15 is 0 Å². The number of piperazine rings is 1. The lowest BCUT2D eigenvalue weighted by molar-refractivity contribution is -0.119. The van der Waals surface area contributed by atoms with Gasteiger partial charge in [-0.15, -0.1) is 0 Å². The van der Waals surface area contributed by atoms with Gasteiger partial charge in [-0.1, -0.05) is 16.8 Å². The molecule has 7 nitrogen and oxygen atoms in total. The van der Waals surface area contributed by atoms with Crippen LogP contribution in [-0.4, -0.2) is 71.3 Å². The number of aromatic nitrogens is 1. The molecular weight excluding hydrogens is 455 g/mol. The van der Waals surface area contributed by atoms with Crippen molar-refractivity contribution in [3.63, 3.8) is 0 Å². The minimum Gasteiger partial charge on any atom is -0.616 e. The van der Waals surface area contributed by atoms with Crippen molar-refractivity contribution in [1.29, 1.82) is 0 Å². The maximum absolute atomic E-state index is 13.6. The molecule has 0 radical (unpaired) electrons. The zero-order chi connectivity index (χ0) is 22.7. The fourth-order valence-electron chi connectivity index (χ4n) is 4.75. The second kappa shape index (κ2) is 10.6. The van der Waals surface area contributed by atoms with E-state index < -0.39 is 17.0 Å². The molecule has 176 valence electrons. The van der Waals surface area contributed by atoms with E-state index in [1.165, 1.54) is 12.5 Å². The molecule has 1 aliphatic carbocycles. The summed E-state index contributed by atoms with van der Waals surface area (Å²) in [6, 6.07) is 3.10. The molecule has 1 saturated heterocycles. The van der Waals surface area contributed by atoms with E-state index in [4.69, 9.17) is 16.1 Å². The highest BCUT2D eigenvalue weighted by Crippen LogP contribution is 2.31. The van der Waals surface area contributed by atoms with Crippen LogP contribution in [0.25, 0.3) is 11.0 Å². The molecule has 1 N–H and O–H groups in total. The van der Waals surface area contributed by atoms with Crippen LogP contribution in [0.2, 0.25) is 5.02 Å². The van der Waals surface area contributed by atoms with Crippen LogP contribution in [0.5, 0.6) is 0 Å². The molecule has 4 rings (SSSR count). The Balaban J connectivity index is 1.19. The van der Waals surface area contributed by atoms with Crippen LogP contribution in [0, 0.1) is 11.7 Å². The molecule has 2 fully saturated rings. The van der Waals surface area contributed by atoms with Crippen LogP contribution in [0.3, 0.4) is 0 Å². The number of amides is 1. The molecule has 1 atom stereocenters. The highest BCUT2D eigenvalue weighted by molar-refractivity contribution is 7.91. The number of fused-ring (bicyclic) bond motifs is 1. The van der Waals surface area contributed by atoms with Crippen LogP contribution in [0.4, 0.5) is 10.2 Å². The van der Waals surface area contributed by atoms with Crippen LogP contribution in [0.15, 0.2) is 16.7 Å². The number of nitrogens with zero attached hydrogens (tertiary/aromatic N) is 3. The number of nitrogens with one attached hydrogen (secondary N) is 1. The maximum Gasteiger partial charge on any atom is 0.270 e. The summed E-state index contributed by atoms with van der Waals surface area (Å²) in [4.78, 5) is 16.5. The quantitative estimate of drug-likeness (QED) is 0.607. The summed E-state index contributed by atoms with van der Waals surface area (Å²) < 4.78 is 30.1. The minimum atomic E-state index is -1.09. The predicted octanol–water partition coefficient (Wildman–Crippen LogP) is 3.19. The van der Waals surface area contributed by atoms with Crippen molar-refractivity contribution in [3.05, 3.63) is 23.0 Å². The molecule has 1 aromatic heterocycles. The lowest BCUT2D eigenvalue weighted by Gasteiger charge is -2.36. The molecule has 1 saturated carbocycles. The molecule has 2 aliphatic rings. The van der Waals surface area contributed by atoms with E-state index in [0.717, 1.165) is 69.6 Å². The molecule has 1 aromatic carbocycles. The molecule has 1 aliphatic heterocycles. The number of rotatable bonds is 7. The van der Waals surface area contributed by atoms with Gasteiger partial charge in [-0.2, -0.15) is 0 Å². The van der Waals surface area contributed by atoms with Crippen LogP contribution in [-0.2, 0) is 16.0 Å². The molecule has 1 unspecified atom stereocenters. The van der Waals surface area contributed by atoms with E-state index in [0.29, 0.717) is 11.5 Å². The highest BCUT2D eigenvalue weighted by atomic mass is 35.5. The standard InChI is InChI=1S/C22H30ClFN4O3S/c1-32(30)14-21(29)25-16-4-2-15(3-5-16)6-7-27-8-10-28(11-9-27)22-17-12-18(23)19(24)13-20(17)31-26-22/h12-13,15-16H,2-11,14H2,1H3,(H,25,29)/t15-,16-,32?. The van der Waals surface area contributed by atoms with Gasteiger partial charge < -0.3 is 19.3 Å². The first-order valence-corrected chi connectivity index (χ1v) is 13.3. The molecule has 10 heteroatoms. The largest absolute Gasteiger partial charge is 0.616 e. The van der Waals surface area contributed by atoms with Gasteiger partial charge in [0.15, 0.2) is 17.2 Å². The second-order valence-corrected chi connectivity index (χ2v) is 10.7. The van der Waals surface area contributed by atoms with Gasteiger partial charge in [0.1, 0.15) is 5.82 Å². The summed E-state index contributed by atoms with van der Waals surface area (Å²) in [6.07, 6.45) is 6.99. The Bertz CT molecular complexity index is 927. The van der Waals surface area contributed by atoms with Crippen molar-refractivity contribution in [2.75, 3.05) is 49.6 Å². The van der Waals surface area contributed by atoms with Gasteiger partial charge in [0, 0.05) is 38.3 Å². The van der Waals surface area contributed by atoms with Gasteiger partial charge >= 0.3 is 0 Å². The van der Waals surface area contributed by atoms with Gasteiger partial charge in [0.25, 0.3) is 5.91 Å². The van der Waals surface area contributed by atoms with Crippen LogP contribution < -0.4 is 10.2 Å². The summed E-state index contributed by atoms with van der Waals surface area (Å²) in [5.74, 6) is 0.923. The average Bonchev–Trinajstić information content (AvgIpc) is 3.16. The zero-order valence-electron chi connectivity index (χ0n) is 18.3. The third-order valence-corrected chi connectivity index (χ3v) is 7.52. The van der Waals surface area contributed by atoms with Gasteiger partial charge in [0.05, 0.1) is 16.7 Å². The van der Waals surface area contributed by atoms with Gasteiger partial charge in [0.2, 0.25) is 0 Å². The van der Waals surface area contributed by atoms with Crippen molar-refractivity contribution in [3.8, 4) is 0 Å². The Hall–Kier alpha value is -1.55. The van der Waals surface area contributed by atoms with Gasteiger partial charge in [-0.25, -0.2) is 4.39 Å². The Morgan fingerprint density at radius 2 is 2.00 bits per heavy atom. The smallest absolute Gasteiger partial charge is 0.270 e. The SMILES string of the molecule is C[S+]([O-])CC(=O)N[C@H]1CC[C@H](CCN2CCN(c3noc4cc(F)c(Cl)cc34)CC2)CC1. The third-order valence-electron chi connectivity index (χ3n) is 6.57. The Kier molecular flexibility index (Phi) is 7.81. The van der Waals surface area contributed by atoms with Gasteiger partial charge in [-0.05, 0) is 61.8 Å². The number of benzene rings is 1. The first-order chi connectivity index (χ1) is 15.4. The number of hydrogen-bond donors (Lipinski definition) is 1. The van der Waals surface area contributed by atoms with Crippen molar-refractivity contribution < 1.29 is 18.3 Å². The molecule has 2 heterocycles. The molecule has 2 aromatic rings. The zero-order valence-corrected chi connectivity index (χ0v) is 19.9. The minimum absolute atomic E-state index is 0.0789. The summed E-state index contributed by atoms with van der Waals surface area (Å²) in [5.41, 5.74) is 0.416. The van der Waals surface area contributed by atoms with Gasteiger partial charge in [-0.3, -0.25) is 9.69 Å². The fourth-order valence-corrected chi connectivity index (χ4v) is 5.36. The number of carbonyl (C=O) groups is 1. The van der Waals surface area contributed by atoms with E-state index in [1.54, 1.807) is 12.3 Å². The molecule has 1 amide bonds. The third kappa shape index (κ3) is 5.87. The average molecular weight is 485 g/mol. The summed E-state index contributed by atoms with van der Waals surface area (Å²) in [6.45, 7) is 4.65. The van der Waals surface area contributed by atoms with Crippen molar-refractivity contribution in [1.82, 2.24) is 15.4 Å². The number of anilines is 1. The Morgan fingerprint density at radius 1 is 1.28 bits per heavy atom. The van der Waals surface area contributed by atoms with E-state index in [2.05, 4.69) is 20.3 Å². The lowest BCUT2D eigenvalue weighted by atomic mass is 9.84. The Labute approximate surface area is 195 Å². The first kappa shape index (κ1) is 23.6. The Morgan fingerprint density at radius 3 is 2.69 bits per heavy atom. The summed E-state index contributed by atoms with van der Waals surface area (Å²) >= 11 is 4.86. The normalized spacial score (nSPS) is 23.4. The predicted molar refractivity (Wildman–Crippen MR) is 125 cm³/mol. The highest BCUT2D eigenvalue weighted by Gasteiger charge is 2.26. The van der Waals surface area contributed by atoms with E-state index in [1.807, 2.05) is 0 Å². The first-order valence-electron chi connectivity index (χ1n) is 11.2. The fraction of sp³-hybridized carbons (Fsp3) is 0.636. The monoisotopic (exact) mass is 484 g/mol. The van der Waals surface area contributed by atoms with E-state index in [9.17, 15) is 13.7 Å². The van der Waals surface area contributed by atoms with Crippen molar-refractivity contribution in [2.45, 2.75) is 38.1 Å². The molecular formula is C22H30ClFN4O3S. The lowest BCUT2D eigenvalue weighted by Crippen LogP contribution is -2.47. The molecule has 0 bridgehead atoms. The van der Waals surface area contributed by atoms with E-state index in [-0.39, 0.29) is 22.7 Å². The number of halogens is 2. The van der Waals surface area contributed by atoms with Crippen molar-refractivity contribution >= 4 is 45.5 Å². The van der Waals surface area contributed by atoms with Crippen molar-refractivity contribution in [2.24, 2.45) is 5.92 Å². The summed E-state index contributed by atoms with van der Waals surface area (Å²) in [7, 11) is 0. The maximum atomic E-state index is 13.6. The summed E-state index contributed by atoms with van der Waals surface area (Å²) in [5, 5.41) is 8.00. The molecule has 0 spiro atoms. The van der Waals surface area contributed by atoms with Crippen LogP contribution in [0.1, 0.15) is 32.1 Å². The molecule has 32 heavy (non-hydrogen) atoms. The number of hydrogen-bond acceptors (Lipinski definition) is 6.